The van der Waals surface area contributed by atoms with Crippen LogP contribution in [0.2, 0.25) is 0 Å². The van der Waals surface area contributed by atoms with Gasteiger partial charge in [0.25, 0.3) is 0 Å². The molecule has 0 saturated heterocycles. The number of nitrogens with zero attached hydrogens (tertiary/aromatic N) is 6. The summed E-state index contributed by atoms with van der Waals surface area (Å²) in [5, 5.41) is 21.5. The van der Waals surface area contributed by atoms with Gasteiger partial charge in [-0.2, -0.15) is 5.26 Å². The Morgan fingerprint density at radius 3 is 2.75 bits per heavy atom. The Bertz CT molecular complexity index is 817. The molecule has 0 radical (unpaired) electrons. The summed E-state index contributed by atoms with van der Waals surface area (Å²) in [6.45, 7) is 6.26. The molecule has 0 bridgehead atoms. The van der Waals surface area contributed by atoms with Crippen LogP contribution < -0.4 is 0 Å². The smallest absolute Gasteiger partial charge is 0.182 e. The zero-order valence-corrected chi connectivity index (χ0v) is 12.1. The van der Waals surface area contributed by atoms with Gasteiger partial charge in [-0.05, 0) is 17.6 Å². The third-order valence-electron chi connectivity index (χ3n) is 2.94. The van der Waals surface area contributed by atoms with Crippen molar-refractivity contribution in [3.63, 3.8) is 0 Å². The van der Waals surface area contributed by atoms with Gasteiger partial charge in [0, 0.05) is 17.7 Å². The van der Waals surface area contributed by atoms with E-state index in [0.717, 1.165) is 10.6 Å². The molecular weight excluding hydrogens is 272 g/mol. The summed E-state index contributed by atoms with van der Waals surface area (Å²) < 4.78 is 5.90. The number of nitriles is 1. The van der Waals surface area contributed by atoms with Crippen LogP contribution >= 0.6 is 11.5 Å². The Hall–Kier alpha value is -2.33. The summed E-state index contributed by atoms with van der Waals surface area (Å²) in [4.78, 5) is 0.912. The number of aromatic nitrogens is 5. The van der Waals surface area contributed by atoms with E-state index in [1.807, 2.05) is 4.40 Å². The molecule has 20 heavy (non-hydrogen) atoms. The largest absolute Gasteiger partial charge is 0.282 e. The molecule has 0 saturated carbocycles. The first-order valence-electron chi connectivity index (χ1n) is 6.09. The van der Waals surface area contributed by atoms with E-state index in [0.29, 0.717) is 17.0 Å². The molecule has 6 nitrogen and oxygen atoms in total. The zero-order chi connectivity index (χ0) is 14.3. The number of pyridine rings is 1. The molecule has 3 heterocycles. The standard InChI is InChI=1S/C13H12N6S/c1-13(2,3)11-10(20-18-16-11)12-17-15-9-6-8(7-14)4-5-19(9)12/h4-6H,1-3H3. The van der Waals surface area contributed by atoms with Crippen molar-refractivity contribution in [1.82, 2.24) is 24.2 Å². The van der Waals surface area contributed by atoms with Gasteiger partial charge in [0.2, 0.25) is 0 Å². The van der Waals surface area contributed by atoms with Crippen molar-refractivity contribution >= 4 is 17.2 Å². The molecule has 0 fully saturated rings. The normalized spacial score (nSPS) is 11.7. The van der Waals surface area contributed by atoms with Crippen molar-refractivity contribution in [2.45, 2.75) is 26.2 Å². The predicted octanol–water partition coefficient (Wildman–Crippen LogP) is 2.42. The highest BCUT2D eigenvalue weighted by Crippen LogP contribution is 2.33. The van der Waals surface area contributed by atoms with E-state index >= 15 is 0 Å². The van der Waals surface area contributed by atoms with Crippen molar-refractivity contribution in [1.29, 1.82) is 5.26 Å². The summed E-state index contributed by atoms with van der Waals surface area (Å²) in [6, 6.07) is 5.55. The first-order chi connectivity index (χ1) is 9.50. The molecule has 3 rings (SSSR count). The fourth-order valence-electron chi connectivity index (χ4n) is 1.94. The number of fused-ring (bicyclic) bond motifs is 1. The van der Waals surface area contributed by atoms with Gasteiger partial charge in [0.1, 0.15) is 4.88 Å². The van der Waals surface area contributed by atoms with Gasteiger partial charge < -0.3 is 0 Å². The summed E-state index contributed by atoms with van der Waals surface area (Å²) in [5.74, 6) is 0.712. The van der Waals surface area contributed by atoms with Crippen molar-refractivity contribution in [3.8, 4) is 16.8 Å². The molecule has 100 valence electrons. The van der Waals surface area contributed by atoms with E-state index in [-0.39, 0.29) is 5.41 Å². The topological polar surface area (TPSA) is 79.8 Å². The van der Waals surface area contributed by atoms with Crippen LogP contribution in [0, 0.1) is 11.3 Å². The molecule has 3 aromatic heterocycles. The first-order valence-corrected chi connectivity index (χ1v) is 6.86. The second kappa shape index (κ2) is 4.35. The highest BCUT2D eigenvalue weighted by molar-refractivity contribution is 7.09. The zero-order valence-electron chi connectivity index (χ0n) is 11.3. The molecule has 0 aliphatic heterocycles. The third kappa shape index (κ3) is 1.94. The predicted molar refractivity (Wildman–Crippen MR) is 75.3 cm³/mol. The van der Waals surface area contributed by atoms with E-state index in [1.54, 1.807) is 18.3 Å². The van der Waals surface area contributed by atoms with Gasteiger partial charge in [0.15, 0.2) is 11.5 Å². The Labute approximate surface area is 119 Å². The SMILES string of the molecule is CC(C)(C)c1nnsc1-c1nnc2cc(C#N)ccn12. The van der Waals surface area contributed by atoms with Gasteiger partial charge in [0.05, 0.1) is 17.3 Å². The van der Waals surface area contributed by atoms with Gasteiger partial charge in [-0.3, -0.25) is 4.40 Å². The maximum Gasteiger partial charge on any atom is 0.182 e. The fourth-order valence-corrected chi connectivity index (χ4v) is 2.80. The second-order valence-electron chi connectivity index (χ2n) is 5.48. The minimum atomic E-state index is -0.110. The Morgan fingerprint density at radius 2 is 2.05 bits per heavy atom. The van der Waals surface area contributed by atoms with E-state index < -0.39 is 0 Å². The quantitative estimate of drug-likeness (QED) is 0.685. The molecule has 3 aromatic rings. The summed E-state index contributed by atoms with van der Waals surface area (Å²) in [6.07, 6.45) is 1.80. The Morgan fingerprint density at radius 1 is 1.25 bits per heavy atom. The maximum atomic E-state index is 8.91. The highest BCUT2D eigenvalue weighted by atomic mass is 32.1. The van der Waals surface area contributed by atoms with E-state index in [9.17, 15) is 0 Å². The number of hydrogen-bond acceptors (Lipinski definition) is 6. The van der Waals surface area contributed by atoms with Crippen LogP contribution in [-0.2, 0) is 5.41 Å². The monoisotopic (exact) mass is 284 g/mol. The van der Waals surface area contributed by atoms with Crippen molar-refractivity contribution < 1.29 is 0 Å². The fraction of sp³-hybridized carbons (Fsp3) is 0.308. The van der Waals surface area contributed by atoms with Crippen LogP contribution in [0.5, 0.6) is 0 Å². The lowest BCUT2D eigenvalue weighted by Gasteiger charge is -2.15. The average molecular weight is 284 g/mol. The average Bonchev–Trinajstić information content (AvgIpc) is 3.02. The molecule has 0 spiro atoms. The Balaban J connectivity index is 2.22. The van der Waals surface area contributed by atoms with Crippen LogP contribution in [0.3, 0.4) is 0 Å². The van der Waals surface area contributed by atoms with E-state index in [1.165, 1.54) is 11.5 Å². The lowest BCUT2D eigenvalue weighted by Crippen LogP contribution is -2.13. The minimum Gasteiger partial charge on any atom is -0.282 e. The van der Waals surface area contributed by atoms with Crippen molar-refractivity contribution in [3.05, 3.63) is 29.6 Å². The lowest BCUT2D eigenvalue weighted by molar-refractivity contribution is 0.568. The molecule has 0 atom stereocenters. The highest BCUT2D eigenvalue weighted by Gasteiger charge is 2.25. The summed E-state index contributed by atoms with van der Waals surface area (Å²) in [7, 11) is 0. The molecule has 0 aliphatic carbocycles. The van der Waals surface area contributed by atoms with Gasteiger partial charge >= 0.3 is 0 Å². The first kappa shape index (κ1) is 12.7. The molecule has 0 aliphatic rings. The summed E-state index contributed by atoms with van der Waals surface area (Å²) >= 11 is 1.31. The van der Waals surface area contributed by atoms with Crippen LogP contribution in [0.4, 0.5) is 0 Å². The van der Waals surface area contributed by atoms with Gasteiger partial charge in [-0.1, -0.05) is 25.3 Å². The van der Waals surface area contributed by atoms with Gasteiger partial charge in [-0.25, -0.2) is 0 Å². The van der Waals surface area contributed by atoms with Crippen LogP contribution in [0.25, 0.3) is 16.3 Å². The number of rotatable bonds is 1. The maximum absolute atomic E-state index is 8.91. The van der Waals surface area contributed by atoms with Crippen LogP contribution in [-0.4, -0.2) is 24.2 Å². The van der Waals surface area contributed by atoms with Crippen LogP contribution in [0.15, 0.2) is 18.3 Å². The third-order valence-corrected chi connectivity index (χ3v) is 3.66. The second-order valence-corrected chi connectivity index (χ2v) is 6.23. The minimum absolute atomic E-state index is 0.110. The van der Waals surface area contributed by atoms with E-state index in [4.69, 9.17) is 5.26 Å². The van der Waals surface area contributed by atoms with Crippen molar-refractivity contribution in [2.24, 2.45) is 0 Å². The molecule has 7 heteroatoms. The van der Waals surface area contributed by atoms with E-state index in [2.05, 4.69) is 46.6 Å². The van der Waals surface area contributed by atoms with Crippen molar-refractivity contribution in [2.75, 3.05) is 0 Å². The molecule has 0 unspecified atom stereocenters. The molecule has 0 N–H and O–H groups in total. The number of hydrogen-bond donors (Lipinski definition) is 0. The molecular formula is C13H12N6S. The van der Waals surface area contributed by atoms with Crippen LogP contribution in [0.1, 0.15) is 32.0 Å². The Kier molecular flexibility index (Phi) is 2.76. The van der Waals surface area contributed by atoms with Gasteiger partial charge in [-0.15, -0.1) is 15.3 Å². The molecule has 0 amide bonds. The summed E-state index contributed by atoms with van der Waals surface area (Å²) in [5.41, 5.74) is 2.00. The molecule has 0 aromatic carbocycles. The lowest BCUT2D eigenvalue weighted by atomic mass is 9.91.